The van der Waals surface area contributed by atoms with Crippen molar-refractivity contribution >= 4 is 5.69 Å². The summed E-state index contributed by atoms with van der Waals surface area (Å²) in [5, 5.41) is 2.35. The topological polar surface area (TPSA) is 47.3 Å². The van der Waals surface area contributed by atoms with Crippen molar-refractivity contribution in [3.8, 4) is 11.5 Å². The van der Waals surface area contributed by atoms with Gasteiger partial charge in [-0.25, -0.2) is 0 Å². The van der Waals surface area contributed by atoms with Crippen LogP contribution in [0.25, 0.3) is 0 Å². The first-order valence-corrected chi connectivity index (χ1v) is 6.35. The Hall–Kier alpha value is -2.21. The molecule has 0 saturated heterocycles. The number of para-hydroxylation sites is 1. The minimum atomic E-state index is -4.38. The Morgan fingerprint density at radius 3 is 2.05 bits per heavy atom. The SMILES string of the molecule is NCC(Nc1ccc(Oc2ccccc2)cc1)C(F)(F)F. The van der Waals surface area contributed by atoms with Crippen LogP contribution >= 0.6 is 0 Å². The molecule has 21 heavy (non-hydrogen) atoms. The highest BCUT2D eigenvalue weighted by atomic mass is 19.4. The average Bonchev–Trinajstić information content (AvgIpc) is 2.46. The zero-order valence-corrected chi connectivity index (χ0v) is 11.1. The van der Waals surface area contributed by atoms with Crippen LogP contribution in [0.1, 0.15) is 0 Å². The lowest BCUT2D eigenvalue weighted by Gasteiger charge is -2.21. The van der Waals surface area contributed by atoms with Gasteiger partial charge in [-0.2, -0.15) is 13.2 Å². The third kappa shape index (κ3) is 4.39. The van der Waals surface area contributed by atoms with Gasteiger partial charge in [0.15, 0.2) is 0 Å². The van der Waals surface area contributed by atoms with E-state index in [1.54, 1.807) is 24.3 Å². The van der Waals surface area contributed by atoms with Crippen molar-refractivity contribution in [2.75, 3.05) is 11.9 Å². The smallest absolute Gasteiger partial charge is 0.409 e. The Labute approximate surface area is 120 Å². The van der Waals surface area contributed by atoms with Crippen LogP contribution in [-0.2, 0) is 0 Å². The number of benzene rings is 2. The second-order valence-electron chi connectivity index (χ2n) is 4.41. The van der Waals surface area contributed by atoms with Crippen molar-refractivity contribution < 1.29 is 17.9 Å². The molecule has 112 valence electrons. The average molecular weight is 296 g/mol. The molecule has 0 amide bonds. The highest BCUT2D eigenvalue weighted by molar-refractivity contribution is 5.48. The van der Waals surface area contributed by atoms with Crippen LogP contribution in [0.4, 0.5) is 18.9 Å². The standard InChI is InChI=1S/C15H15F3N2O/c16-15(17,18)14(10-19)20-11-6-8-13(9-7-11)21-12-4-2-1-3-5-12/h1-9,14,20H,10,19H2. The predicted octanol–water partition coefficient (Wildman–Crippen LogP) is 3.78. The summed E-state index contributed by atoms with van der Waals surface area (Å²) in [6, 6.07) is 13.6. The number of alkyl halides is 3. The Kier molecular flexibility index (Phi) is 4.70. The number of rotatable bonds is 5. The maximum atomic E-state index is 12.6. The normalized spacial score (nSPS) is 12.8. The van der Waals surface area contributed by atoms with Gasteiger partial charge in [-0.05, 0) is 36.4 Å². The minimum absolute atomic E-state index is 0.336. The Bertz CT molecular complexity index is 555. The molecule has 2 aromatic carbocycles. The van der Waals surface area contributed by atoms with Gasteiger partial charge in [0.05, 0.1) is 0 Å². The number of ether oxygens (including phenoxy) is 1. The van der Waals surface area contributed by atoms with Gasteiger partial charge in [0.1, 0.15) is 17.5 Å². The number of hydrogen-bond donors (Lipinski definition) is 2. The van der Waals surface area contributed by atoms with Crippen LogP contribution in [0.5, 0.6) is 11.5 Å². The largest absolute Gasteiger partial charge is 0.457 e. The maximum absolute atomic E-state index is 12.6. The number of anilines is 1. The molecule has 1 unspecified atom stereocenters. The first-order chi connectivity index (χ1) is 9.99. The van der Waals surface area contributed by atoms with Crippen LogP contribution in [0.2, 0.25) is 0 Å². The Morgan fingerprint density at radius 1 is 0.952 bits per heavy atom. The van der Waals surface area contributed by atoms with Crippen molar-refractivity contribution in [1.29, 1.82) is 0 Å². The number of hydrogen-bond acceptors (Lipinski definition) is 3. The fourth-order valence-corrected chi connectivity index (χ4v) is 1.72. The second kappa shape index (κ2) is 6.49. The second-order valence-corrected chi connectivity index (χ2v) is 4.41. The molecular weight excluding hydrogens is 281 g/mol. The van der Waals surface area contributed by atoms with E-state index in [4.69, 9.17) is 10.5 Å². The van der Waals surface area contributed by atoms with E-state index in [1.807, 2.05) is 18.2 Å². The Morgan fingerprint density at radius 2 is 1.52 bits per heavy atom. The molecule has 0 saturated carbocycles. The summed E-state index contributed by atoms with van der Waals surface area (Å²) in [4.78, 5) is 0. The summed E-state index contributed by atoms with van der Waals surface area (Å²) < 4.78 is 43.4. The molecule has 1 atom stereocenters. The number of nitrogens with one attached hydrogen (secondary N) is 1. The van der Waals surface area contributed by atoms with Crippen molar-refractivity contribution in [3.63, 3.8) is 0 Å². The first-order valence-electron chi connectivity index (χ1n) is 6.35. The molecule has 0 bridgehead atoms. The molecular formula is C15H15F3N2O. The molecule has 0 heterocycles. The van der Waals surface area contributed by atoms with Gasteiger partial charge in [-0.1, -0.05) is 18.2 Å². The van der Waals surface area contributed by atoms with Crippen LogP contribution in [0.3, 0.4) is 0 Å². The molecule has 3 nitrogen and oxygen atoms in total. The van der Waals surface area contributed by atoms with Gasteiger partial charge in [-0.15, -0.1) is 0 Å². The lowest BCUT2D eigenvalue weighted by molar-refractivity contribution is -0.140. The van der Waals surface area contributed by atoms with E-state index in [0.29, 0.717) is 17.2 Å². The van der Waals surface area contributed by atoms with Gasteiger partial charge in [0.2, 0.25) is 0 Å². The minimum Gasteiger partial charge on any atom is -0.457 e. The van der Waals surface area contributed by atoms with E-state index in [1.165, 1.54) is 12.1 Å². The van der Waals surface area contributed by atoms with Crippen molar-refractivity contribution in [2.24, 2.45) is 5.73 Å². The summed E-state index contributed by atoms with van der Waals surface area (Å²) in [6.45, 7) is -0.522. The third-order valence-corrected chi connectivity index (χ3v) is 2.80. The van der Waals surface area contributed by atoms with Gasteiger partial charge in [-0.3, -0.25) is 0 Å². The van der Waals surface area contributed by atoms with Crippen molar-refractivity contribution in [1.82, 2.24) is 0 Å². The molecule has 2 aromatic rings. The molecule has 0 aliphatic rings. The predicted molar refractivity (Wildman–Crippen MR) is 75.5 cm³/mol. The van der Waals surface area contributed by atoms with E-state index < -0.39 is 18.8 Å². The molecule has 2 rings (SSSR count). The van der Waals surface area contributed by atoms with Crippen molar-refractivity contribution in [3.05, 3.63) is 54.6 Å². The maximum Gasteiger partial charge on any atom is 0.409 e. The fourth-order valence-electron chi connectivity index (χ4n) is 1.72. The van der Waals surface area contributed by atoms with E-state index in [2.05, 4.69) is 5.32 Å². The summed E-state index contributed by atoms with van der Waals surface area (Å²) in [7, 11) is 0. The molecule has 0 fully saturated rings. The van der Waals surface area contributed by atoms with E-state index in [0.717, 1.165) is 0 Å². The van der Waals surface area contributed by atoms with E-state index >= 15 is 0 Å². The van der Waals surface area contributed by atoms with E-state index in [-0.39, 0.29) is 0 Å². The number of nitrogens with two attached hydrogens (primary N) is 1. The highest BCUT2D eigenvalue weighted by Gasteiger charge is 2.38. The van der Waals surface area contributed by atoms with Crippen molar-refractivity contribution in [2.45, 2.75) is 12.2 Å². The lowest BCUT2D eigenvalue weighted by atomic mass is 10.2. The fraction of sp³-hybridized carbons (Fsp3) is 0.200. The molecule has 3 N–H and O–H groups in total. The summed E-state index contributed by atoms with van der Waals surface area (Å²) in [6.07, 6.45) is -4.38. The monoisotopic (exact) mass is 296 g/mol. The molecule has 0 aliphatic heterocycles. The molecule has 6 heteroatoms. The van der Waals surface area contributed by atoms with Gasteiger partial charge < -0.3 is 15.8 Å². The molecule has 0 radical (unpaired) electrons. The van der Waals surface area contributed by atoms with Crippen LogP contribution in [0.15, 0.2) is 54.6 Å². The molecule has 0 spiro atoms. The zero-order valence-electron chi connectivity index (χ0n) is 11.1. The summed E-state index contributed by atoms with van der Waals surface area (Å²) >= 11 is 0. The van der Waals surface area contributed by atoms with Crippen LogP contribution < -0.4 is 15.8 Å². The third-order valence-electron chi connectivity index (χ3n) is 2.80. The first kappa shape index (κ1) is 15.2. The van der Waals surface area contributed by atoms with Gasteiger partial charge in [0, 0.05) is 12.2 Å². The quantitative estimate of drug-likeness (QED) is 0.882. The molecule has 0 aliphatic carbocycles. The molecule has 0 aromatic heterocycles. The lowest BCUT2D eigenvalue weighted by Crippen LogP contribution is -2.42. The van der Waals surface area contributed by atoms with Crippen LogP contribution in [0, 0.1) is 0 Å². The summed E-state index contributed by atoms with van der Waals surface area (Å²) in [5.41, 5.74) is 5.47. The highest BCUT2D eigenvalue weighted by Crippen LogP contribution is 2.26. The summed E-state index contributed by atoms with van der Waals surface area (Å²) in [5.74, 6) is 1.20. The van der Waals surface area contributed by atoms with Gasteiger partial charge in [0.25, 0.3) is 0 Å². The number of halogens is 3. The van der Waals surface area contributed by atoms with Crippen LogP contribution in [-0.4, -0.2) is 18.8 Å². The Balaban J connectivity index is 2.02. The van der Waals surface area contributed by atoms with Gasteiger partial charge >= 0.3 is 6.18 Å². The van der Waals surface area contributed by atoms with E-state index in [9.17, 15) is 13.2 Å². The zero-order chi connectivity index (χ0) is 15.3.